The Morgan fingerprint density at radius 3 is 2.67 bits per heavy atom. The van der Waals surface area contributed by atoms with Crippen molar-refractivity contribution < 1.29 is 8.81 Å². The molecule has 0 aliphatic carbocycles. The van der Waals surface area contributed by atoms with Crippen LogP contribution in [0.5, 0.6) is 0 Å². The molecule has 24 heavy (non-hydrogen) atoms. The van der Waals surface area contributed by atoms with Gasteiger partial charge >= 0.3 is 0 Å². The molecule has 3 heterocycles. The van der Waals surface area contributed by atoms with Gasteiger partial charge in [-0.25, -0.2) is 14.4 Å². The first-order valence-electron chi connectivity index (χ1n) is 8.10. The van der Waals surface area contributed by atoms with Crippen molar-refractivity contribution in [1.29, 1.82) is 0 Å². The van der Waals surface area contributed by atoms with Gasteiger partial charge in [-0.1, -0.05) is 19.1 Å². The number of rotatable bonds is 3. The van der Waals surface area contributed by atoms with Crippen LogP contribution >= 0.6 is 0 Å². The zero-order chi connectivity index (χ0) is 16.5. The summed E-state index contributed by atoms with van der Waals surface area (Å²) >= 11 is 0. The Morgan fingerprint density at radius 2 is 1.92 bits per heavy atom. The summed E-state index contributed by atoms with van der Waals surface area (Å²) in [5.41, 5.74) is 1.30. The second-order valence-corrected chi connectivity index (χ2v) is 5.77. The van der Waals surface area contributed by atoms with Crippen LogP contribution in [-0.2, 0) is 0 Å². The quantitative estimate of drug-likeness (QED) is 0.737. The Morgan fingerprint density at radius 1 is 1.12 bits per heavy atom. The Kier molecular flexibility index (Phi) is 3.86. The standard InChI is InChI=1S/C17H18FN5O/c1-2-22-7-9-23(10-8-22)15-14-17(20-11-19-15)24-16(21-14)12-5-3-4-6-13(12)18/h3-6,11H,2,7-10H2,1H3. The van der Waals surface area contributed by atoms with E-state index in [1.165, 1.54) is 12.4 Å². The molecular weight excluding hydrogens is 309 g/mol. The zero-order valence-corrected chi connectivity index (χ0v) is 13.4. The number of aromatic nitrogens is 3. The van der Waals surface area contributed by atoms with Crippen molar-refractivity contribution in [2.75, 3.05) is 37.6 Å². The fourth-order valence-electron chi connectivity index (χ4n) is 3.00. The highest BCUT2D eigenvalue weighted by Crippen LogP contribution is 2.29. The van der Waals surface area contributed by atoms with Crippen molar-refractivity contribution in [1.82, 2.24) is 19.9 Å². The van der Waals surface area contributed by atoms with Crippen molar-refractivity contribution in [3.05, 3.63) is 36.4 Å². The molecule has 0 atom stereocenters. The van der Waals surface area contributed by atoms with E-state index in [1.54, 1.807) is 18.2 Å². The highest BCUT2D eigenvalue weighted by Gasteiger charge is 2.22. The van der Waals surface area contributed by atoms with Gasteiger partial charge in [-0.05, 0) is 18.7 Å². The molecule has 1 saturated heterocycles. The molecule has 0 N–H and O–H groups in total. The van der Waals surface area contributed by atoms with Gasteiger partial charge in [0, 0.05) is 26.2 Å². The first-order chi connectivity index (χ1) is 11.8. The molecule has 1 aliphatic rings. The average Bonchev–Trinajstić information content (AvgIpc) is 3.06. The minimum absolute atomic E-state index is 0.233. The maximum atomic E-state index is 14.0. The summed E-state index contributed by atoms with van der Waals surface area (Å²) < 4.78 is 19.7. The van der Waals surface area contributed by atoms with E-state index in [9.17, 15) is 4.39 Å². The van der Waals surface area contributed by atoms with Gasteiger partial charge in [0.1, 0.15) is 12.1 Å². The minimum atomic E-state index is -0.366. The molecule has 0 unspecified atom stereocenters. The van der Waals surface area contributed by atoms with E-state index < -0.39 is 0 Å². The highest BCUT2D eigenvalue weighted by atomic mass is 19.1. The number of hydrogen-bond donors (Lipinski definition) is 0. The number of halogens is 1. The summed E-state index contributed by atoms with van der Waals surface area (Å²) in [4.78, 5) is 17.6. The molecular formula is C17H18FN5O. The SMILES string of the molecule is CCN1CCN(c2ncnc3oc(-c4ccccc4F)nc23)CC1. The van der Waals surface area contributed by atoms with Crippen LogP contribution in [0.4, 0.5) is 10.2 Å². The topological polar surface area (TPSA) is 58.3 Å². The molecule has 3 aromatic rings. The van der Waals surface area contributed by atoms with Gasteiger partial charge in [0.25, 0.3) is 5.71 Å². The largest absolute Gasteiger partial charge is 0.417 e. The minimum Gasteiger partial charge on any atom is -0.417 e. The third-order valence-electron chi connectivity index (χ3n) is 4.40. The number of hydrogen-bond acceptors (Lipinski definition) is 6. The van der Waals surface area contributed by atoms with E-state index >= 15 is 0 Å². The lowest BCUT2D eigenvalue weighted by atomic mass is 10.2. The molecule has 4 rings (SSSR count). The maximum Gasteiger partial charge on any atom is 0.252 e. The molecule has 7 heteroatoms. The molecule has 6 nitrogen and oxygen atoms in total. The molecule has 1 aromatic carbocycles. The average molecular weight is 327 g/mol. The van der Waals surface area contributed by atoms with Crippen molar-refractivity contribution in [2.45, 2.75) is 6.92 Å². The molecule has 124 valence electrons. The van der Waals surface area contributed by atoms with Crippen LogP contribution in [0.15, 0.2) is 35.0 Å². The van der Waals surface area contributed by atoms with Crippen molar-refractivity contribution in [3.8, 4) is 11.5 Å². The first kappa shape index (κ1) is 15.0. The molecule has 1 fully saturated rings. The van der Waals surface area contributed by atoms with Gasteiger partial charge in [0.05, 0.1) is 5.56 Å². The second-order valence-electron chi connectivity index (χ2n) is 5.77. The van der Waals surface area contributed by atoms with E-state index in [0.29, 0.717) is 16.8 Å². The van der Waals surface area contributed by atoms with Gasteiger partial charge in [0.2, 0.25) is 5.89 Å². The van der Waals surface area contributed by atoms with E-state index in [-0.39, 0.29) is 11.7 Å². The van der Waals surface area contributed by atoms with Crippen LogP contribution < -0.4 is 4.90 Å². The molecule has 0 radical (unpaired) electrons. The molecule has 0 spiro atoms. The van der Waals surface area contributed by atoms with Crippen molar-refractivity contribution in [3.63, 3.8) is 0 Å². The fraction of sp³-hybridized carbons (Fsp3) is 0.353. The van der Waals surface area contributed by atoms with Crippen LogP contribution in [0.1, 0.15) is 6.92 Å². The van der Waals surface area contributed by atoms with Crippen LogP contribution in [0.25, 0.3) is 22.7 Å². The summed E-state index contributed by atoms with van der Waals surface area (Å²) in [6.45, 7) is 6.94. The monoisotopic (exact) mass is 327 g/mol. The number of piperazine rings is 1. The number of benzene rings is 1. The first-order valence-corrected chi connectivity index (χ1v) is 8.10. The van der Waals surface area contributed by atoms with Crippen molar-refractivity contribution in [2.24, 2.45) is 0 Å². The predicted molar refractivity (Wildman–Crippen MR) is 89.3 cm³/mol. The summed E-state index contributed by atoms with van der Waals surface area (Å²) in [5, 5.41) is 0. The highest BCUT2D eigenvalue weighted by molar-refractivity contribution is 5.84. The smallest absolute Gasteiger partial charge is 0.252 e. The Balaban J connectivity index is 1.72. The molecule has 0 saturated carbocycles. The van der Waals surface area contributed by atoms with Crippen LogP contribution in [0, 0.1) is 5.82 Å². The van der Waals surface area contributed by atoms with Gasteiger partial charge in [-0.15, -0.1) is 0 Å². The third kappa shape index (κ3) is 2.60. The lowest BCUT2D eigenvalue weighted by Crippen LogP contribution is -2.46. The van der Waals surface area contributed by atoms with Gasteiger partial charge in [0.15, 0.2) is 11.3 Å². The van der Waals surface area contributed by atoms with E-state index in [4.69, 9.17) is 4.42 Å². The van der Waals surface area contributed by atoms with E-state index in [0.717, 1.165) is 38.5 Å². The van der Waals surface area contributed by atoms with Crippen LogP contribution in [0.3, 0.4) is 0 Å². The Hall–Kier alpha value is -2.54. The predicted octanol–water partition coefficient (Wildman–Crippen LogP) is 2.57. The number of likely N-dealkylation sites (N-methyl/N-ethyl adjacent to an activating group) is 1. The third-order valence-corrected chi connectivity index (χ3v) is 4.40. The molecule has 2 aromatic heterocycles. The Bertz CT molecular complexity index is 857. The summed E-state index contributed by atoms with van der Waals surface area (Å²) in [6, 6.07) is 6.43. The molecule has 0 bridgehead atoms. The summed E-state index contributed by atoms with van der Waals surface area (Å²) in [5.74, 6) is 0.620. The van der Waals surface area contributed by atoms with Crippen LogP contribution in [0.2, 0.25) is 0 Å². The number of anilines is 1. The number of oxazole rings is 1. The Labute approximate surface area is 138 Å². The van der Waals surface area contributed by atoms with Gasteiger partial charge < -0.3 is 14.2 Å². The summed E-state index contributed by atoms with van der Waals surface area (Å²) in [7, 11) is 0. The summed E-state index contributed by atoms with van der Waals surface area (Å²) in [6.07, 6.45) is 1.47. The normalized spacial score (nSPS) is 16.0. The van der Waals surface area contributed by atoms with Gasteiger partial charge in [-0.3, -0.25) is 0 Å². The maximum absolute atomic E-state index is 14.0. The van der Waals surface area contributed by atoms with Gasteiger partial charge in [-0.2, -0.15) is 4.98 Å². The molecule has 0 amide bonds. The fourth-order valence-corrected chi connectivity index (χ4v) is 3.00. The van der Waals surface area contributed by atoms with E-state index in [1.807, 2.05) is 0 Å². The number of nitrogens with zero attached hydrogens (tertiary/aromatic N) is 5. The molecule has 1 aliphatic heterocycles. The van der Waals surface area contributed by atoms with Crippen molar-refractivity contribution >= 4 is 17.0 Å². The second kappa shape index (κ2) is 6.16. The number of fused-ring (bicyclic) bond motifs is 1. The lowest BCUT2D eigenvalue weighted by Gasteiger charge is -2.34. The van der Waals surface area contributed by atoms with E-state index in [2.05, 4.69) is 31.7 Å². The van der Waals surface area contributed by atoms with Crippen LogP contribution in [-0.4, -0.2) is 52.6 Å². The lowest BCUT2D eigenvalue weighted by molar-refractivity contribution is 0.270. The zero-order valence-electron chi connectivity index (χ0n) is 13.4.